The van der Waals surface area contributed by atoms with Crippen LogP contribution in [0.4, 0.5) is 0 Å². The number of carboxylic acids is 2. The summed E-state index contributed by atoms with van der Waals surface area (Å²) < 4.78 is 5.35. The molecule has 0 aliphatic carbocycles. The highest BCUT2D eigenvalue weighted by Gasteiger charge is 2.47. The number of nitrogens with one attached hydrogen (secondary N) is 13. The molecular formula is C92H128N22O22S. The van der Waals surface area contributed by atoms with Crippen LogP contribution in [0.2, 0.25) is 0 Å². The Morgan fingerprint density at radius 1 is 0.526 bits per heavy atom. The van der Waals surface area contributed by atoms with E-state index in [2.05, 4.69) is 73.1 Å². The van der Waals surface area contributed by atoms with Crippen LogP contribution < -0.4 is 75.1 Å². The molecule has 45 heteroatoms. The van der Waals surface area contributed by atoms with Crippen molar-refractivity contribution in [3.8, 4) is 5.75 Å². The number of methoxy groups -OCH3 is 1. The number of likely N-dealkylation sites (N-methyl/N-ethyl adjacent to an activating group) is 3. The van der Waals surface area contributed by atoms with Gasteiger partial charge in [0.05, 0.1) is 38.3 Å². The summed E-state index contributed by atoms with van der Waals surface area (Å²) >= 11 is 0.741. The number of fused-ring (bicyclic) bond motifs is 4. The number of aromatic nitrogens is 4. The number of aromatic amines is 3. The zero-order valence-corrected chi connectivity index (χ0v) is 78.7. The third-order valence-corrected chi connectivity index (χ3v) is 25.7. The average molecular weight is 1930 g/mol. The third kappa shape index (κ3) is 30.0. The first-order chi connectivity index (χ1) is 65.5. The van der Waals surface area contributed by atoms with Gasteiger partial charge in [0.15, 0.2) is 0 Å². The van der Waals surface area contributed by atoms with Crippen LogP contribution in [0, 0.1) is 0 Å². The molecule has 22 N–H and O–H groups in total. The molecule has 3 fully saturated rings. The lowest BCUT2D eigenvalue weighted by atomic mass is 9.99. The number of aliphatic carboxylic acids is 2. The topological polar surface area (TPSA) is 652 Å². The predicted octanol–water partition coefficient (Wildman–Crippen LogP) is -1.99. The number of primary amides is 1. The van der Waals surface area contributed by atoms with Crippen molar-refractivity contribution in [2.45, 2.75) is 240 Å². The summed E-state index contributed by atoms with van der Waals surface area (Å²) in [6.07, 6.45) is 2.04. The average Bonchev–Trinajstić information content (AvgIpc) is 1.67. The molecule has 3 aromatic carbocycles. The van der Waals surface area contributed by atoms with Crippen LogP contribution in [0.1, 0.15) is 146 Å². The molecule has 0 spiro atoms. The minimum absolute atomic E-state index is 0.0284. The second-order valence-corrected chi connectivity index (χ2v) is 35.6. The molecule has 6 heterocycles. The molecule has 3 saturated heterocycles. The van der Waals surface area contributed by atoms with Crippen molar-refractivity contribution in [3.63, 3.8) is 0 Å². The summed E-state index contributed by atoms with van der Waals surface area (Å²) in [5.74, 6) is -19.0. The number of carboxylic acid groups (broad SMARTS) is 2. The van der Waals surface area contributed by atoms with Crippen LogP contribution in [0.25, 0.3) is 21.8 Å². The highest BCUT2D eigenvalue weighted by molar-refractivity contribution is 8.00. The molecule has 44 nitrogen and oxygen atoms in total. The van der Waals surface area contributed by atoms with E-state index < -0.39 is 247 Å². The van der Waals surface area contributed by atoms with E-state index in [1.54, 1.807) is 92.1 Å². The molecule has 16 amide bonds. The molecule has 6 aromatic rings. The zero-order valence-electron chi connectivity index (χ0n) is 77.9. The van der Waals surface area contributed by atoms with Gasteiger partial charge in [0.2, 0.25) is 94.5 Å². The molecule has 137 heavy (non-hydrogen) atoms. The molecule has 0 radical (unpaired) electrons. The SMILES string of the molecule is CCCC[C@H]1C(=O)N(C)[C@@H](CCCC)C(=O)N[C@@H](CCC(=O)O)C(=O)N[C@H](C(=O)NCC(N)=O)CSCC(=O)N[C@@H](Cc2ccc(OC)cc2)C(=O)N(C)[C@@H](C)C(=O)N[C@H](CCN)C(=O)N2CCC[C@H]2C(=O)N[C@@H](Cc2cnc[nH]2)C(=O)N[C@@H](CCCCN)C(=O)N2C[C@H](O)C[C@H]2C(=O)N[C@@H](Cc2c[nH]c3ccccc23)C(=O)N[C@@H](CC(=O)O)C(=O)N[C@@H](Cc2c[nH]c3ccccc23)C(=O)N1C. The Morgan fingerprint density at radius 2 is 1.07 bits per heavy atom. The summed E-state index contributed by atoms with van der Waals surface area (Å²) in [5.41, 5.74) is 20.4. The molecule has 9 rings (SSSR count). The van der Waals surface area contributed by atoms with Gasteiger partial charge in [-0.1, -0.05) is 88.1 Å². The number of aliphatic hydroxyl groups is 1. The van der Waals surface area contributed by atoms with Gasteiger partial charge >= 0.3 is 11.9 Å². The van der Waals surface area contributed by atoms with E-state index in [1.165, 1.54) is 52.6 Å². The number of benzene rings is 3. The Balaban J connectivity index is 1.11. The number of thioether (sulfide) groups is 1. The monoisotopic (exact) mass is 1920 g/mol. The van der Waals surface area contributed by atoms with Crippen molar-refractivity contribution < 1.29 is 106 Å². The number of nitrogens with zero attached hydrogens (tertiary/aromatic N) is 6. The number of amides is 16. The van der Waals surface area contributed by atoms with Crippen LogP contribution in [-0.4, -0.2) is 329 Å². The molecule has 744 valence electrons. The molecule has 3 aromatic heterocycles. The molecule has 3 aliphatic heterocycles. The van der Waals surface area contributed by atoms with E-state index in [0.29, 0.717) is 69.2 Å². The van der Waals surface area contributed by atoms with Crippen LogP contribution in [-0.2, 0) is 112 Å². The largest absolute Gasteiger partial charge is 0.497 e. The number of carbonyl (C=O) groups is 18. The second kappa shape index (κ2) is 51.9. The fourth-order valence-corrected chi connectivity index (χ4v) is 17.8. The van der Waals surface area contributed by atoms with Crippen molar-refractivity contribution in [2.24, 2.45) is 17.2 Å². The normalized spacial score (nSPS) is 24.5. The zero-order chi connectivity index (χ0) is 99.9. The predicted molar refractivity (Wildman–Crippen MR) is 501 cm³/mol. The molecule has 15 atom stereocenters. The summed E-state index contributed by atoms with van der Waals surface area (Å²) in [5, 5.41) is 59.6. The number of hydrogen-bond acceptors (Lipinski definition) is 24. The van der Waals surface area contributed by atoms with Crippen molar-refractivity contribution in [1.82, 2.24) is 97.6 Å². The van der Waals surface area contributed by atoms with Crippen LogP contribution in [0.15, 0.2) is 97.7 Å². The lowest BCUT2D eigenvalue weighted by Crippen LogP contribution is -2.61. The van der Waals surface area contributed by atoms with Gasteiger partial charge in [0.1, 0.15) is 90.3 Å². The van der Waals surface area contributed by atoms with E-state index in [9.17, 15) is 63.3 Å². The van der Waals surface area contributed by atoms with Gasteiger partial charge in [-0.15, -0.1) is 11.8 Å². The number of hydrogen-bond donors (Lipinski definition) is 19. The Hall–Kier alpha value is -13.6. The maximum absolute atomic E-state index is 15.8. The number of rotatable bonds is 29. The van der Waals surface area contributed by atoms with Crippen LogP contribution in [0.5, 0.6) is 5.75 Å². The van der Waals surface area contributed by atoms with E-state index in [4.69, 9.17) is 21.9 Å². The third-order valence-electron chi connectivity index (χ3n) is 24.7. The van der Waals surface area contributed by atoms with Gasteiger partial charge in [0.25, 0.3) is 0 Å². The van der Waals surface area contributed by atoms with Crippen molar-refractivity contribution in [3.05, 3.63) is 120 Å². The van der Waals surface area contributed by atoms with E-state index >= 15 is 38.4 Å². The maximum Gasteiger partial charge on any atom is 0.305 e. The van der Waals surface area contributed by atoms with Gasteiger partial charge < -0.3 is 130 Å². The molecule has 0 unspecified atom stereocenters. The Morgan fingerprint density at radius 3 is 1.66 bits per heavy atom. The number of carbonyl (C=O) groups excluding carboxylic acids is 16. The molecular weight excluding hydrogens is 1800 g/mol. The fraction of sp³-hybridized carbons (Fsp3) is 0.533. The van der Waals surface area contributed by atoms with E-state index in [1.807, 2.05) is 6.92 Å². The van der Waals surface area contributed by atoms with E-state index in [0.717, 1.165) is 31.4 Å². The Bertz CT molecular complexity index is 5250. The summed E-state index contributed by atoms with van der Waals surface area (Å²) in [6, 6.07) is -1.91. The Labute approximate surface area is 795 Å². The number of imidazole rings is 1. The van der Waals surface area contributed by atoms with Gasteiger partial charge in [-0.2, -0.15) is 0 Å². The Kier molecular flexibility index (Phi) is 40.6. The molecule has 0 saturated carbocycles. The maximum atomic E-state index is 15.8. The highest BCUT2D eigenvalue weighted by atomic mass is 32.2. The van der Waals surface area contributed by atoms with Crippen molar-refractivity contribution in [2.75, 3.05) is 72.5 Å². The van der Waals surface area contributed by atoms with Gasteiger partial charge in [0, 0.05) is 125 Å². The van der Waals surface area contributed by atoms with Crippen molar-refractivity contribution >= 4 is 140 Å². The van der Waals surface area contributed by atoms with Crippen LogP contribution in [0.3, 0.4) is 0 Å². The van der Waals surface area contributed by atoms with Crippen LogP contribution >= 0.6 is 11.8 Å². The van der Waals surface area contributed by atoms with Crippen molar-refractivity contribution in [1.29, 1.82) is 0 Å². The summed E-state index contributed by atoms with van der Waals surface area (Å²) in [6.45, 7) is 3.63. The number of nitrogens with two attached hydrogens (primary N) is 3. The minimum atomic E-state index is -2.07. The van der Waals surface area contributed by atoms with Gasteiger partial charge in [-0.05, 0) is 119 Å². The smallest absolute Gasteiger partial charge is 0.305 e. The summed E-state index contributed by atoms with van der Waals surface area (Å²) in [4.78, 5) is 282. The molecule has 0 bridgehead atoms. The number of aliphatic hydroxyl groups excluding tert-OH is 1. The fourth-order valence-electron chi connectivity index (χ4n) is 16.9. The lowest BCUT2D eigenvalue weighted by Gasteiger charge is -2.36. The summed E-state index contributed by atoms with van der Waals surface area (Å²) in [7, 11) is 5.28. The minimum Gasteiger partial charge on any atom is -0.497 e. The number of H-pyrrole nitrogens is 3. The van der Waals surface area contributed by atoms with E-state index in [-0.39, 0.29) is 103 Å². The first-order valence-corrected chi connectivity index (χ1v) is 47.1. The second-order valence-electron chi connectivity index (χ2n) is 34.6. The van der Waals surface area contributed by atoms with Gasteiger partial charge in [-0.3, -0.25) is 86.3 Å². The van der Waals surface area contributed by atoms with Gasteiger partial charge in [-0.25, -0.2) is 4.98 Å². The number of para-hydroxylation sites is 2. The molecule has 3 aliphatic rings. The highest BCUT2D eigenvalue weighted by Crippen LogP contribution is 2.28. The quantitative estimate of drug-likeness (QED) is 0.0226. The first-order valence-electron chi connectivity index (χ1n) is 46.0. The lowest BCUT2D eigenvalue weighted by molar-refractivity contribution is -0.149. The first kappa shape index (κ1) is 107. The standard InChI is InChI=1S/C92H128N22O22S/c1-8-10-24-71-85(128)102-62(31-32-77(118)119)81(124)109-70(80(123)99-46-75(95)116)48-137-49-76(117)101-68(37-52-27-29-57(136-7)30-28-52)88(131)110(4)51(3)79(122)103-64(33-35-94)90(133)113-36-18-26-72(113)86(129)107-66(40-55-45-96-50-100-55)83(126)104-63(23-16-17-34-93)91(134)114-47-56(115)41-74(114)87(130)106-65(38-53-43-97-60-21-14-12-19-58(53)60)82(125)105-67(42-78(120)121)84(127)108-69(39-54-44-98-61-22-15-13-20-59(54)61)89(132)112(6)73(25-11-9-2)92(135)111(71)5/h12-15,19-22,27-30,43-45,50-51,56,62-74,97-98,115H,8-11,16-18,23-26,31-42,46-49,93-94H2,1-7H3,(H2,95,116)(H,96,100)(H,99,123)(H,101,117)(H,102,128)(H,103,122)(H,104,126)(H,105,125)(H,106,130)(H,107,129)(H,108,127)(H,109,124)(H,118,119)(H,120,121)/t51-,56+,62-,63-,64+,65-,66-,67-,68-,69-,70-,71-,72-,73-,74-/m0/s1. The number of unbranched alkanes of at least 4 members (excludes halogenated alkanes) is 3. The number of ether oxygens (including phenoxy) is 1.